The molecular weight excluding hydrogens is 579 g/mol. The third-order valence-corrected chi connectivity index (χ3v) is 8.56. The molecule has 0 aliphatic carbocycles. The van der Waals surface area contributed by atoms with Crippen molar-refractivity contribution < 1.29 is 9.59 Å². The van der Waals surface area contributed by atoms with Gasteiger partial charge < -0.3 is 9.80 Å². The highest BCUT2D eigenvalue weighted by Gasteiger charge is 2.37. The van der Waals surface area contributed by atoms with E-state index in [1.165, 1.54) is 0 Å². The zero-order valence-corrected chi connectivity index (χ0v) is 25.2. The first-order valence-electron chi connectivity index (χ1n) is 14.1. The fourth-order valence-corrected chi connectivity index (χ4v) is 6.05. The molecule has 6 rings (SSSR count). The minimum Gasteiger partial charge on any atom is -0.339 e. The number of rotatable bonds is 7. The molecule has 2 heterocycles. The van der Waals surface area contributed by atoms with E-state index in [0.717, 1.165) is 33.5 Å². The SMILES string of the molecule is CN(Cc1cn(Cc2ccccc2Cl)nc1-c1ccccc1)C(=O)C1Cc2ccccc2CN1C(=O)c1ccccc1Cl. The van der Waals surface area contributed by atoms with E-state index in [1.54, 1.807) is 41.1 Å². The van der Waals surface area contributed by atoms with E-state index < -0.39 is 6.04 Å². The van der Waals surface area contributed by atoms with E-state index in [4.69, 9.17) is 28.3 Å². The van der Waals surface area contributed by atoms with E-state index in [2.05, 4.69) is 0 Å². The second-order valence-corrected chi connectivity index (χ2v) is 11.6. The molecule has 0 bridgehead atoms. The van der Waals surface area contributed by atoms with Gasteiger partial charge in [0.05, 0.1) is 22.8 Å². The molecule has 1 aromatic heterocycles. The van der Waals surface area contributed by atoms with E-state index in [9.17, 15) is 9.59 Å². The molecule has 4 aromatic carbocycles. The molecule has 1 unspecified atom stereocenters. The highest BCUT2D eigenvalue weighted by molar-refractivity contribution is 6.33. The summed E-state index contributed by atoms with van der Waals surface area (Å²) >= 11 is 12.9. The van der Waals surface area contributed by atoms with Crippen LogP contribution in [0.2, 0.25) is 10.0 Å². The summed E-state index contributed by atoms with van der Waals surface area (Å²) in [5.74, 6) is -0.405. The summed E-state index contributed by atoms with van der Waals surface area (Å²) < 4.78 is 1.86. The summed E-state index contributed by atoms with van der Waals surface area (Å²) in [5.41, 5.74) is 6.09. The van der Waals surface area contributed by atoms with Gasteiger partial charge in [-0.3, -0.25) is 14.3 Å². The van der Waals surface area contributed by atoms with Gasteiger partial charge in [-0.2, -0.15) is 5.10 Å². The van der Waals surface area contributed by atoms with Gasteiger partial charge in [0.2, 0.25) is 5.91 Å². The number of likely N-dealkylation sites (N-methyl/N-ethyl adjacent to an activating group) is 1. The van der Waals surface area contributed by atoms with Gasteiger partial charge in [0.15, 0.2) is 0 Å². The molecule has 1 aliphatic rings. The molecule has 0 saturated heterocycles. The summed E-state index contributed by atoms with van der Waals surface area (Å²) in [6.45, 7) is 1.14. The van der Waals surface area contributed by atoms with Crippen molar-refractivity contribution in [3.8, 4) is 11.3 Å². The van der Waals surface area contributed by atoms with Crippen molar-refractivity contribution in [3.05, 3.63) is 147 Å². The lowest BCUT2D eigenvalue weighted by Gasteiger charge is -2.38. The van der Waals surface area contributed by atoms with Crippen molar-refractivity contribution in [1.29, 1.82) is 0 Å². The van der Waals surface area contributed by atoms with Crippen molar-refractivity contribution in [2.24, 2.45) is 0 Å². The van der Waals surface area contributed by atoms with Crippen LogP contribution >= 0.6 is 23.2 Å². The van der Waals surface area contributed by atoms with Gasteiger partial charge in [0.1, 0.15) is 6.04 Å². The van der Waals surface area contributed by atoms with Gasteiger partial charge in [-0.25, -0.2) is 0 Å². The second kappa shape index (κ2) is 12.5. The number of hydrogen-bond donors (Lipinski definition) is 0. The Morgan fingerprint density at radius 2 is 1.47 bits per heavy atom. The van der Waals surface area contributed by atoms with Crippen LogP contribution in [0, 0.1) is 0 Å². The Bertz CT molecular complexity index is 1790. The first-order valence-corrected chi connectivity index (χ1v) is 14.9. The fourth-order valence-electron chi connectivity index (χ4n) is 5.63. The average molecular weight is 610 g/mol. The van der Waals surface area contributed by atoms with Crippen molar-refractivity contribution in [2.45, 2.75) is 32.1 Å². The van der Waals surface area contributed by atoms with Gasteiger partial charge in [-0.15, -0.1) is 0 Å². The number of fused-ring (bicyclic) bond motifs is 1. The van der Waals surface area contributed by atoms with Gasteiger partial charge >= 0.3 is 0 Å². The molecule has 0 radical (unpaired) electrons. The highest BCUT2D eigenvalue weighted by Crippen LogP contribution is 2.29. The topological polar surface area (TPSA) is 58.4 Å². The maximum atomic E-state index is 14.2. The Hall–Kier alpha value is -4.39. The number of hydrogen-bond acceptors (Lipinski definition) is 3. The third kappa shape index (κ3) is 6.07. The van der Waals surface area contributed by atoms with Crippen LogP contribution in [0.25, 0.3) is 11.3 Å². The van der Waals surface area contributed by atoms with Gasteiger partial charge in [0.25, 0.3) is 5.91 Å². The highest BCUT2D eigenvalue weighted by atomic mass is 35.5. The summed E-state index contributed by atoms with van der Waals surface area (Å²) in [5, 5.41) is 5.95. The number of halogens is 2. The normalized spacial score (nSPS) is 14.3. The molecule has 5 aromatic rings. The van der Waals surface area contributed by atoms with Crippen LogP contribution in [-0.2, 0) is 30.8 Å². The Labute approximate surface area is 261 Å². The monoisotopic (exact) mass is 608 g/mol. The van der Waals surface area contributed by atoms with Crippen LogP contribution in [0.3, 0.4) is 0 Å². The third-order valence-electron chi connectivity index (χ3n) is 7.86. The van der Waals surface area contributed by atoms with Crippen molar-refractivity contribution in [1.82, 2.24) is 19.6 Å². The number of amides is 2. The lowest BCUT2D eigenvalue weighted by atomic mass is 9.92. The van der Waals surface area contributed by atoms with Crippen LogP contribution in [0.5, 0.6) is 0 Å². The zero-order chi connectivity index (χ0) is 29.9. The quantitative estimate of drug-likeness (QED) is 0.197. The number of benzene rings is 4. The average Bonchev–Trinajstić information content (AvgIpc) is 3.43. The zero-order valence-electron chi connectivity index (χ0n) is 23.7. The van der Waals surface area contributed by atoms with Gasteiger partial charge in [-0.05, 0) is 34.9 Å². The summed E-state index contributed by atoms with van der Waals surface area (Å²) in [7, 11) is 1.78. The maximum Gasteiger partial charge on any atom is 0.256 e. The van der Waals surface area contributed by atoms with Crippen LogP contribution in [0.15, 0.2) is 109 Å². The standard InChI is InChI=1S/C35H30Cl2N4O2/c1-39(20-28-22-40(21-27-15-7-9-17-30(27)36)38-33(28)24-11-3-2-4-12-24)35(43)32-19-25-13-5-6-14-26(25)23-41(32)34(42)29-16-8-10-18-31(29)37/h2-18,22,32H,19-21,23H2,1H3. The summed E-state index contributed by atoms with van der Waals surface area (Å²) in [6.07, 6.45) is 2.39. The van der Waals surface area contributed by atoms with E-state index >= 15 is 0 Å². The lowest BCUT2D eigenvalue weighted by molar-refractivity contribution is -0.135. The molecule has 0 spiro atoms. The second-order valence-electron chi connectivity index (χ2n) is 10.8. The number of carbonyl (C=O) groups excluding carboxylic acids is 2. The van der Waals surface area contributed by atoms with E-state index in [1.807, 2.05) is 89.7 Å². The number of aromatic nitrogens is 2. The Morgan fingerprint density at radius 1 is 0.814 bits per heavy atom. The fraction of sp³-hybridized carbons (Fsp3) is 0.171. The first-order chi connectivity index (χ1) is 20.9. The van der Waals surface area contributed by atoms with Gasteiger partial charge in [0, 0.05) is 48.9 Å². The molecule has 43 heavy (non-hydrogen) atoms. The van der Waals surface area contributed by atoms with Gasteiger partial charge in [-0.1, -0.05) is 108 Å². The molecule has 8 heteroatoms. The summed E-state index contributed by atoms with van der Waals surface area (Å²) in [6, 6.07) is 31.9. The molecule has 0 N–H and O–H groups in total. The van der Waals surface area contributed by atoms with E-state index in [-0.39, 0.29) is 11.8 Å². The minimum absolute atomic E-state index is 0.146. The van der Waals surface area contributed by atoms with Crippen LogP contribution in [0.4, 0.5) is 0 Å². The van der Waals surface area contributed by atoms with Crippen LogP contribution in [0.1, 0.15) is 32.6 Å². The smallest absolute Gasteiger partial charge is 0.256 e. The summed E-state index contributed by atoms with van der Waals surface area (Å²) in [4.78, 5) is 31.3. The van der Waals surface area contributed by atoms with Crippen LogP contribution < -0.4 is 0 Å². The molecule has 6 nitrogen and oxygen atoms in total. The molecule has 1 atom stereocenters. The Morgan fingerprint density at radius 3 is 2.21 bits per heavy atom. The van der Waals surface area contributed by atoms with Crippen molar-refractivity contribution in [3.63, 3.8) is 0 Å². The molecule has 2 amide bonds. The van der Waals surface area contributed by atoms with Crippen LogP contribution in [-0.4, -0.2) is 44.5 Å². The molecule has 216 valence electrons. The minimum atomic E-state index is -0.679. The molecular formula is C35H30Cl2N4O2. The largest absolute Gasteiger partial charge is 0.339 e. The molecule has 1 aliphatic heterocycles. The van der Waals surface area contributed by atoms with Crippen molar-refractivity contribution >= 4 is 35.0 Å². The number of nitrogens with zero attached hydrogens (tertiary/aromatic N) is 4. The Kier molecular flexibility index (Phi) is 8.32. The molecule has 0 saturated carbocycles. The Balaban J connectivity index is 1.31. The predicted molar refractivity (Wildman–Crippen MR) is 170 cm³/mol. The first kappa shape index (κ1) is 28.7. The lowest BCUT2D eigenvalue weighted by Crippen LogP contribution is -2.52. The molecule has 0 fully saturated rings. The van der Waals surface area contributed by atoms with E-state index in [0.29, 0.717) is 41.7 Å². The number of carbonyl (C=O) groups is 2. The van der Waals surface area contributed by atoms with Crippen molar-refractivity contribution in [2.75, 3.05) is 7.05 Å². The predicted octanol–water partition coefficient (Wildman–Crippen LogP) is 7.13. The maximum absolute atomic E-state index is 14.2.